The number of aliphatic hydroxyl groups is 1. The molecule has 65 heavy (non-hydrogen) atoms. The van der Waals surface area contributed by atoms with E-state index in [9.17, 15) is 14.7 Å². The van der Waals surface area contributed by atoms with Crippen molar-refractivity contribution >= 4 is 11.9 Å². The fourth-order valence-electron chi connectivity index (χ4n) is 6.79. The van der Waals surface area contributed by atoms with Crippen LogP contribution in [0.25, 0.3) is 0 Å². The summed E-state index contributed by atoms with van der Waals surface area (Å²) in [7, 11) is 0. The van der Waals surface area contributed by atoms with Crippen LogP contribution in [0.5, 0.6) is 0 Å². The fourth-order valence-corrected chi connectivity index (χ4v) is 6.79. The number of esters is 2. The van der Waals surface area contributed by atoms with E-state index in [2.05, 4.69) is 148 Å². The molecule has 0 amide bonds. The highest BCUT2D eigenvalue weighted by atomic mass is 16.6. The Morgan fingerprint density at radius 3 is 1.00 bits per heavy atom. The van der Waals surface area contributed by atoms with Crippen molar-refractivity contribution in [2.45, 2.75) is 219 Å². The number of unbranched alkanes of at least 4 members (excludes halogenated alkanes) is 16. The molecule has 0 fully saturated rings. The summed E-state index contributed by atoms with van der Waals surface area (Å²) in [4.78, 5) is 24.4. The molecule has 0 aliphatic rings. The minimum atomic E-state index is -0.788. The monoisotopic (exact) mass is 897 g/mol. The Balaban J connectivity index is 3.66. The van der Waals surface area contributed by atoms with Crippen molar-refractivity contribution in [1.29, 1.82) is 0 Å². The van der Waals surface area contributed by atoms with E-state index in [4.69, 9.17) is 9.47 Å². The smallest absolute Gasteiger partial charge is 0.306 e. The number of ether oxygens (including phenoxy) is 2. The largest absolute Gasteiger partial charge is 0.462 e. The molecule has 0 aromatic carbocycles. The average Bonchev–Trinajstić information content (AvgIpc) is 3.31. The number of carbonyl (C=O) groups excluding carboxylic acids is 2. The van der Waals surface area contributed by atoms with Crippen LogP contribution >= 0.6 is 0 Å². The molecule has 0 spiro atoms. The van der Waals surface area contributed by atoms with Crippen molar-refractivity contribution in [2.75, 3.05) is 13.2 Å². The second-order valence-electron chi connectivity index (χ2n) is 16.9. The molecule has 0 radical (unpaired) electrons. The molecule has 0 heterocycles. The zero-order valence-corrected chi connectivity index (χ0v) is 41.7. The van der Waals surface area contributed by atoms with Crippen molar-refractivity contribution in [3.8, 4) is 0 Å². The lowest BCUT2D eigenvalue weighted by Crippen LogP contribution is -2.28. The minimum Gasteiger partial charge on any atom is -0.462 e. The third-order valence-corrected chi connectivity index (χ3v) is 10.7. The Kier molecular flexibility index (Phi) is 51.1. The Hall–Kier alpha value is -3.96. The van der Waals surface area contributed by atoms with Crippen LogP contribution in [0.15, 0.2) is 134 Å². The van der Waals surface area contributed by atoms with Gasteiger partial charge in [-0.25, -0.2) is 0 Å². The standard InChI is InChI=1S/C60H96O5/c1-3-5-7-9-11-13-15-17-18-19-20-21-22-23-24-25-26-27-28-29-30-31-32-33-34-35-36-37-38-39-40-41-42-43-45-47-49-51-53-55-60(63)65-58(56-61)57-64-59(62)54-52-50-48-46-44-16-14-12-10-8-6-4-2/h5,7,11,13,17-18,20-21,23-24,26-27,29-30,32-33,35-36,38-39,41-42,58,61H,3-4,6,8-10,12,14-16,19,22,25,28,31,34,37,40,43-57H2,1-2H3/b7-5-,13-11-,18-17-,21-20-,24-23-,27-26-,30-29-,33-32-,36-35-,39-38-,42-41-. The van der Waals surface area contributed by atoms with Gasteiger partial charge in [0.25, 0.3) is 0 Å². The topological polar surface area (TPSA) is 72.8 Å². The van der Waals surface area contributed by atoms with Gasteiger partial charge in [-0.3, -0.25) is 9.59 Å². The Morgan fingerprint density at radius 1 is 0.369 bits per heavy atom. The minimum absolute atomic E-state index is 0.0791. The molecule has 5 nitrogen and oxygen atoms in total. The highest BCUT2D eigenvalue weighted by Gasteiger charge is 2.16. The average molecular weight is 897 g/mol. The maximum Gasteiger partial charge on any atom is 0.306 e. The van der Waals surface area contributed by atoms with Gasteiger partial charge in [-0.2, -0.15) is 0 Å². The number of carbonyl (C=O) groups is 2. The van der Waals surface area contributed by atoms with Crippen molar-refractivity contribution in [3.63, 3.8) is 0 Å². The van der Waals surface area contributed by atoms with Gasteiger partial charge < -0.3 is 14.6 Å². The Labute approximate surface area is 400 Å². The molecule has 0 rings (SSSR count). The van der Waals surface area contributed by atoms with Crippen LogP contribution in [0.4, 0.5) is 0 Å². The first-order valence-electron chi connectivity index (χ1n) is 26.2. The predicted octanol–water partition coefficient (Wildman–Crippen LogP) is 17.7. The lowest BCUT2D eigenvalue weighted by molar-refractivity contribution is -0.161. The van der Waals surface area contributed by atoms with E-state index in [-0.39, 0.29) is 25.2 Å². The quantitative estimate of drug-likeness (QED) is 0.0374. The van der Waals surface area contributed by atoms with Gasteiger partial charge >= 0.3 is 11.9 Å². The molecule has 0 saturated heterocycles. The molecule has 5 heteroatoms. The maximum atomic E-state index is 12.2. The van der Waals surface area contributed by atoms with Crippen LogP contribution in [-0.2, 0) is 19.1 Å². The first-order valence-corrected chi connectivity index (χ1v) is 26.2. The first-order chi connectivity index (χ1) is 32.1. The second-order valence-corrected chi connectivity index (χ2v) is 16.9. The summed E-state index contributed by atoms with van der Waals surface area (Å²) < 4.78 is 10.6. The van der Waals surface area contributed by atoms with Crippen LogP contribution in [-0.4, -0.2) is 36.4 Å². The summed E-state index contributed by atoms with van der Waals surface area (Å²) in [5.41, 5.74) is 0. The summed E-state index contributed by atoms with van der Waals surface area (Å²) >= 11 is 0. The van der Waals surface area contributed by atoms with E-state index in [0.717, 1.165) is 128 Å². The fraction of sp³-hybridized carbons (Fsp3) is 0.600. The van der Waals surface area contributed by atoms with E-state index in [1.807, 2.05) is 0 Å². The zero-order chi connectivity index (χ0) is 47.0. The predicted molar refractivity (Wildman–Crippen MR) is 283 cm³/mol. The Bertz CT molecular complexity index is 1380. The Morgan fingerprint density at radius 2 is 0.662 bits per heavy atom. The van der Waals surface area contributed by atoms with Crippen LogP contribution < -0.4 is 0 Å². The number of aliphatic hydroxyl groups excluding tert-OH is 1. The number of rotatable bonds is 46. The summed E-state index contributed by atoms with van der Waals surface area (Å²) in [6, 6.07) is 0. The van der Waals surface area contributed by atoms with Gasteiger partial charge in [-0.05, 0) is 96.3 Å². The molecule has 0 saturated carbocycles. The van der Waals surface area contributed by atoms with Crippen LogP contribution in [0.1, 0.15) is 213 Å². The van der Waals surface area contributed by atoms with Crippen molar-refractivity contribution < 1.29 is 24.2 Å². The number of hydrogen-bond acceptors (Lipinski definition) is 5. The molecule has 0 bridgehead atoms. The van der Waals surface area contributed by atoms with Gasteiger partial charge in [0.1, 0.15) is 6.61 Å². The molecule has 1 N–H and O–H groups in total. The molecule has 0 aliphatic heterocycles. The van der Waals surface area contributed by atoms with Crippen LogP contribution in [0.2, 0.25) is 0 Å². The van der Waals surface area contributed by atoms with E-state index in [1.54, 1.807) is 0 Å². The molecular weight excluding hydrogens is 801 g/mol. The lowest BCUT2D eigenvalue weighted by Gasteiger charge is -2.15. The highest BCUT2D eigenvalue weighted by Crippen LogP contribution is 2.14. The van der Waals surface area contributed by atoms with Gasteiger partial charge in [-0.1, -0.05) is 237 Å². The molecule has 0 aromatic rings. The molecule has 1 unspecified atom stereocenters. The molecule has 0 aromatic heterocycles. The van der Waals surface area contributed by atoms with Gasteiger partial charge in [0, 0.05) is 12.8 Å². The van der Waals surface area contributed by atoms with Gasteiger partial charge in [0.15, 0.2) is 6.10 Å². The highest BCUT2D eigenvalue weighted by molar-refractivity contribution is 5.70. The molecular formula is C60H96O5. The summed E-state index contributed by atoms with van der Waals surface area (Å²) in [6.45, 7) is 3.99. The van der Waals surface area contributed by atoms with Crippen molar-refractivity contribution in [1.82, 2.24) is 0 Å². The van der Waals surface area contributed by atoms with E-state index >= 15 is 0 Å². The van der Waals surface area contributed by atoms with Gasteiger partial charge in [-0.15, -0.1) is 0 Å². The molecule has 0 aliphatic carbocycles. The van der Waals surface area contributed by atoms with Crippen molar-refractivity contribution in [2.24, 2.45) is 0 Å². The SMILES string of the molecule is CC/C=C\C/C=C\C/C=C\C/C=C\C/C=C\C/C=C\C/C=C\C/C=C\C/C=C\C/C=C\C/C=C\CCCCCCCC(=O)OC(CO)COC(=O)CCCCCCCCCCCCCC. The van der Waals surface area contributed by atoms with Crippen LogP contribution in [0, 0.1) is 0 Å². The van der Waals surface area contributed by atoms with E-state index < -0.39 is 6.10 Å². The summed E-state index contributed by atoms with van der Waals surface area (Å²) in [5.74, 6) is -0.620. The number of hydrogen-bond donors (Lipinski definition) is 1. The third kappa shape index (κ3) is 52.5. The third-order valence-electron chi connectivity index (χ3n) is 10.7. The number of allylic oxidation sites excluding steroid dienone is 22. The summed E-state index contributed by atoms with van der Waals surface area (Å²) in [5, 5.41) is 9.60. The zero-order valence-electron chi connectivity index (χ0n) is 41.7. The van der Waals surface area contributed by atoms with E-state index in [1.165, 1.54) is 57.8 Å². The van der Waals surface area contributed by atoms with E-state index in [0.29, 0.717) is 12.8 Å². The van der Waals surface area contributed by atoms with Gasteiger partial charge in [0.2, 0.25) is 0 Å². The molecule has 366 valence electrons. The lowest BCUT2D eigenvalue weighted by atomic mass is 10.0. The van der Waals surface area contributed by atoms with Crippen LogP contribution in [0.3, 0.4) is 0 Å². The second kappa shape index (κ2) is 54.4. The molecule has 1 atom stereocenters. The summed E-state index contributed by atoms with van der Waals surface area (Å²) in [6.07, 6.45) is 81.2. The maximum absolute atomic E-state index is 12.2. The first kappa shape index (κ1) is 61.0. The van der Waals surface area contributed by atoms with Crippen molar-refractivity contribution in [3.05, 3.63) is 134 Å². The normalized spacial score (nSPS) is 13.3. The van der Waals surface area contributed by atoms with Gasteiger partial charge in [0.05, 0.1) is 6.61 Å².